The van der Waals surface area contributed by atoms with Gasteiger partial charge in [-0.1, -0.05) is 40.8 Å². The fourth-order valence-electron chi connectivity index (χ4n) is 1.46. The summed E-state index contributed by atoms with van der Waals surface area (Å²) >= 11 is 2.31. The third-order valence-electron chi connectivity index (χ3n) is 2.57. The first kappa shape index (κ1) is 13.5. The molecule has 0 aliphatic heterocycles. The maximum atomic E-state index is 11.6. The second-order valence-corrected chi connectivity index (χ2v) is 5.07. The van der Waals surface area contributed by atoms with Crippen molar-refractivity contribution >= 4 is 28.5 Å². The van der Waals surface area contributed by atoms with Gasteiger partial charge in [-0.05, 0) is 37.0 Å². The molecule has 0 aliphatic carbocycles. The number of carbonyl (C=O) groups excluding carboxylic acids is 1. The Kier molecular flexibility index (Phi) is 5.80. The summed E-state index contributed by atoms with van der Waals surface area (Å²) in [5.74, 6) is 0.119. The Labute approximate surface area is 111 Å². The molecule has 88 valence electrons. The van der Waals surface area contributed by atoms with Crippen LogP contribution in [0.25, 0.3) is 0 Å². The summed E-state index contributed by atoms with van der Waals surface area (Å²) in [7, 11) is 0. The Hall–Kier alpha value is -0.580. The third-order valence-corrected chi connectivity index (χ3v) is 3.33. The van der Waals surface area contributed by atoms with Gasteiger partial charge in [0, 0.05) is 11.0 Å². The Morgan fingerprint density at radius 1 is 1.31 bits per heavy atom. The van der Waals surface area contributed by atoms with E-state index in [4.69, 9.17) is 0 Å². The smallest absolute Gasteiger partial charge is 0.224 e. The lowest BCUT2D eigenvalue weighted by atomic mass is 10.0. The van der Waals surface area contributed by atoms with E-state index in [2.05, 4.69) is 53.9 Å². The molecule has 0 spiro atoms. The Balaban J connectivity index is 2.46. The van der Waals surface area contributed by atoms with Crippen molar-refractivity contribution in [2.24, 2.45) is 0 Å². The summed E-state index contributed by atoms with van der Waals surface area (Å²) in [6.45, 7) is 4.94. The number of rotatable bonds is 5. The molecule has 3 heteroatoms. The first-order valence-electron chi connectivity index (χ1n) is 5.52. The lowest BCUT2D eigenvalue weighted by Crippen LogP contribution is -2.26. The molecule has 0 aromatic heterocycles. The molecule has 0 aliphatic rings. The number of hydrogen-bond donors (Lipinski definition) is 1. The Bertz CT molecular complexity index is 363. The predicted octanol–water partition coefficient (Wildman–Crippen LogP) is 2.79. The van der Waals surface area contributed by atoms with Crippen LogP contribution in [0.4, 0.5) is 0 Å². The van der Waals surface area contributed by atoms with Gasteiger partial charge in [0.1, 0.15) is 0 Å². The molecule has 0 saturated carbocycles. The van der Waals surface area contributed by atoms with E-state index in [1.165, 1.54) is 11.1 Å². The molecule has 16 heavy (non-hydrogen) atoms. The average Bonchev–Trinajstić information content (AvgIpc) is 2.24. The van der Waals surface area contributed by atoms with Crippen LogP contribution in [0, 0.1) is 13.8 Å². The normalized spacial score (nSPS) is 10.2. The van der Waals surface area contributed by atoms with Crippen LogP contribution in [-0.4, -0.2) is 16.9 Å². The van der Waals surface area contributed by atoms with Gasteiger partial charge in [-0.3, -0.25) is 4.79 Å². The number of amides is 1. The van der Waals surface area contributed by atoms with Crippen molar-refractivity contribution in [2.45, 2.75) is 26.7 Å². The van der Waals surface area contributed by atoms with E-state index in [9.17, 15) is 4.79 Å². The molecule has 1 amide bonds. The molecule has 0 saturated heterocycles. The number of halogens is 1. The van der Waals surface area contributed by atoms with Crippen molar-refractivity contribution < 1.29 is 4.79 Å². The molecule has 1 aromatic carbocycles. The minimum atomic E-state index is 0.119. The van der Waals surface area contributed by atoms with E-state index in [0.717, 1.165) is 23.0 Å². The number of aryl methyl sites for hydroxylation is 2. The molecular weight excluding hydrogens is 313 g/mol. The first-order valence-corrected chi connectivity index (χ1v) is 7.05. The SMILES string of the molecule is Cc1ccc(CC(=O)NCCCI)cc1C. The molecule has 0 bridgehead atoms. The Morgan fingerprint density at radius 3 is 2.69 bits per heavy atom. The van der Waals surface area contributed by atoms with Gasteiger partial charge in [0.25, 0.3) is 0 Å². The minimum absolute atomic E-state index is 0.119. The van der Waals surface area contributed by atoms with Gasteiger partial charge in [0.15, 0.2) is 0 Å². The van der Waals surface area contributed by atoms with Gasteiger partial charge in [0.2, 0.25) is 5.91 Å². The van der Waals surface area contributed by atoms with Gasteiger partial charge in [-0.15, -0.1) is 0 Å². The number of carbonyl (C=O) groups is 1. The van der Waals surface area contributed by atoms with Crippen LogP contribution in [0.15, 0.2) is 18.2 Å². The molecule has 0 unspecified atom stereocenters. The molecule has 0 heterocycles. The van der Waals surface area contributed by atoms with E-state index >= 15 is 0 Å². The van der Waals surface area contributed by atoms with Crippen LogP contribution < -0.4 is 5.32 Å². The molecular formula is C13H18INO. The molecule has 0 atom stereocenters. The second-order valence-electron chi connectivity index (χ2n) is 3.99. The zero-order chi connectivity index (χ0) is 12.0. The summed E-state index contributed by atoms with van der Waals surface area (Å²) in [6, 6.07) is 6.19. The van der Waals surface area contributed by atoms with Crippen LogP contribution in [0.5, 0.6) is 0 Å². The maximum Gasteiger partial charge on any atom is 0.224 e. The number of alkyl halides is 1. The van der Waals surface area contributed by atoms with Crippen LogP contribution in [0.3, 0.4) is 0 Å². The fourth-order valence-corrected chi connectivity index (χ4v) is 1.84. The summed E-state index contributed by atoms with van der Waals surface area (Å²) in [6.07, 6.45) is 1.53. The molecule has 1 N–H and O–H groups in total. The van der Waals surface area contributed by atoms with Crippen molar-refractivity contribution in [3.8, 4) is 0 Å². The summed E-state index contributed by atoms with van der Waals surface area (Å²) in [4.78, 5) is 11.6. The largest absolute Gasteiger partial charge is 0.356 e. The highest BCUT2D eigenvalue weighted by molar-refractivity contribution is 14.1. The molecule has 1 aromatic rings. The van der Waals surface area contributed by atoms with Gasteiger partial charge >= 0.3 is 0 Å². The highest BCUT2D eigenvalue weighted by Crippen LogP contribution is 2.10. The summed E-state index contributed by atoms with van der Waals surface area (Å²) in [5.41, 5.74) is 3.61. The number of hydrogen-bond acceptors (Lipinski definition) is 1. The monoisotopic (exact) mass is 331 g/mol. The maximum absolute atomic E-state index is 11.6. The molecule has 0 fully saturated rings. The third kappa shape index (κ3) is 4.51. The van der Waals surface area contributed by atoms with E-state index in [1.54, 1.807) is 0 Å². The Morgan fingerprint density at radius 2 is 2.06 bits per heavy atom. The predicted molar refractivity (Wildman–Crippen MR) is 76.1 cm³/mol. The topological polar surface area (TPSA) is 29.1 Å². The minimum Gasteiger partial charge on any atom is -0.356 e. The average molecular weight is 331 g/mol. The van der Waals surface area contributed by atoms with Crippen molar-refractivity contribution in [1.29, 1.82) is 0 Å². The molecule has 0 radical (unpaired) electrons. The standard InChI is InChI=1S/C13H18INO/c1-10-4-5-12(8-11(10)2)9-13(16)15-7-3-6-14/h4-5,8H,3,6-7,9H2,1-2H3,(H,15,16). The van der Waals surface area contributed by atoms with Crippen LogP contribution in [0.2, 0.25) is 0 Å². The van der Waals surface area contributed by atoms with E-state index < -0.39 is 0 Å². The van der Waals surface area contributed by atoms with Crippen LogP contribution in [-0.2, 0) is 11.2 Å². The van der Waals surface area contributed by atoms with Crippen LogP contribution in [0.1, 0.15) is 23.1 Å². The molecule has 1 rings (SSSR count). The van der Waals surface area contributed by atoms with E-state index in [1.807, 2.05) is 6.07 Å². The van der Waals surface area contributed by atoms with Gasteiger partial charge < -0.3 is 5.32 Å². The zero-order valence-corrected chi connectivity index (χ0v) is 12.0. The lowest BCUT2D eigenvalue weighted by molar-refractivity contribution is -0.120. The van der Waals surface area contributed by atoms with Gasteiger partial charge in [-0.2, -0.15) is 0 Å². The zero-order valence-electron chi connectivity index (χ0n) is 9.85. The highest BCUT2D eigenvalue weighted by atomic mass is 127. The number of nitrogens with one attached hydrogen (secondary N) is 1. The van der Waals surface area contributed by atoms with Crippen LogP contribution >= 0.6 is 22.6 Å². The lowest BCUT2D eigenvalue weighted by Gasteiger charge is -2.06. The summed E-state index contributed by atoms with van der Waals surface area (Å²) in [5, 5.41) is 2.92. The van der Waals surface area contributed by atoms with E-state index in [-0.39, 0.29) is 5.91 Å². The van der Waals surface area contributed by atoms with Crippen molar-refractivity contribution in [3.05, 3.63) is 34.9 Å². The van der Waals surface area contributed by atoms with Gasteiger partial charge in [-0.25, -0.2) is 0 Å². The van der Waals surface area contributed by atoms with Crippen molar-refractivity contribution in [3.63, 3.8) is 0 Å². The second kappa shape index (κ2) is 6.89. The first-order chi connectivity index (χ1) is 7.63. The van der Waals surface area contributed by atoms with E-state index in [0.29, 0.717) is 6.42 Å². The van der Waals surface area contributed by atoms with Crippen molar-refractivity contribution in [2.75, 3.05) is 11.0 Å². The van der Waals surface area contributed by atoms with Crippen molar-refractivity contribution in [1.82, 2.24) is 5.32 Å². The fraction of sp³-hybridized carbons (Fsp3) is 0.462. The van der Waals surface area contributed by atoms with Gasteiger partial charge in [0.05, 0.1) is 6.42 Å². The summed E-state index contributed by atoms with van der Waals surface area (Å²) < 4.78 is 1.08. The highest BCUT2D eigenvalue weighted by Gasteiger charge is 2.03. The quantitative estimate of drug-likeness (QED) is 0.502. The number of benzene rings is 1. The molecule has 2 nitrogen and oxygen atoms in total.